The number of methoxy groups -OCH3 is 1. The van der Waals surface area contributed by atoms with E-state index in [-0.39, 0.29) is 29.7 Å². The third-order valence-corrected chi connectivity index (χ3v) is 5.06. The van der Waals surface area contributed by atoms with Gasteiger partial charge in [-0.1, -0.05) is 6.07 Å². The number of nitrogens with one attached hydrogen (secondary N) is 2. The van der Waals surface area contributed by atoms with Gasteiger partial charge in [-0.05, 0) is 57.7 Å². The van der Waals surface area contributed by atoms with Gasteiger partial charge in [-0.3, -0.25) is 4.99 Å². The largest absolute Gasteiger partial charge is 0.493 e. The van der Waals surface area contributed by atoms with E-state index in [2.05, 4.69) is 39.1 Å². The lowest BCUT2D eigenvalue weighted by Gasteiger charge is -2.35. The van der Waals surface area contributed by atoms with Gasteiger partial charge >= 0.3 is 6.61 Å². The van der Waals surface area contributed by atoms with Crippen molar-refractivity contribution in [2.24, 2.45) is 4.99 Å². The van der Waals surface area contributed by atoms with Crippen LogP contribution in [-0.2, 0) is 6.42 Å². The number of hydrogen-bond donors (Lipinski definition) is 2. The number of likely N-dealkylation sites (tertiary alicyclic amines) is 1. The molecule has 6 nitrogen and oxygen atoms in total. The van der Waals surface area contributed by atoms with Crippen LogP contribution in [0.15, 0.2) is 23.2 Å². The molecule has 0 atom stereocenters. The van der Waals surface area contributed by atoms with Crippen molar-refractivity contribution in [3.05, 3.63) is 23.8 Å². The summed E-state index contributed by atoms with van der Waals surface area (Å²) in [6.07, 6.45) is 2.80. The number of ether oxygens (including phenoxy) is 2. The quantitative estimate of drug-likeness (QED) is 0.283. The Morgan fingerprint density at radius 2 is 1.93 bits per heavy atom. The summed E-state index contributed by atoms with van der Waals surface area (Å²) in [5, 5.41) is 6.81. The van der Waals surface area contributed by atoms with Crippen LogP contribution in [0.2, 0.25) is 0 Å². The lowest BCUT2D eigenvalue weighted by Crippen LogP contribution is -2.49. The Kier molecular flexibility index (Phi) is 12.3. The average Bonchev–Trinajstić information content (AvgIpc) is 2.68. The van der Waals surface area contributed by atoms with E-state index >= 15 is 0 Å². The number of hydrogen-bond acceptors (Lipinski definition) is 4. The summed E-state index contributed by atoms with van der Waals surface area (Å²) < 4.78 is 34.8. The number of guanidine groups is 1. The zero-order chi connectivity index (χ0) is 21.2. The molecule has 1 aliphatic heterocycles. The Morgan fingerprint density at radius 3 is 2.50 bits per heavy atom. The molecule has 0 unspecified atom stereocenters. The summed E-state index contributed by atoms with van der Waals surface area (Å²) in [5.74, 6) is 1.14. The van der Waals surface area contributed by atoms with Gasteiger partial charge in [0.1, 0.15) is 0 Å². The van der Waals surface area contributed by atoms with Crippen LogP contribution in [0.1, 0.15) is 39.2 Å². The summed E-state index contributed by atoms with van der Waals surface area (Å²) in [6, 6.07) is 6.07. The number of alkyl halides is 2. The van der Waals surface area contributed by atoms with Gasteiger partial charge in [0.15, 0.2) is 17.5 Å². The van der Waals surface area contributed by atoms with Crippen LogP contribution < -0.4 is 20.1 Å². The fourth-order valence-corrected chi connectivity index (χ4v) is 3.44. The molecule has 1 aliphatic rings. The molecule has 1 aromatic rings. The van der Waals surface area contributed by atoms with Gasteiger partial charge in [0.05, 0.1) is 7.11 Å². The van der Waals surface area contributed by atoms with Gasteiger partial charge in [-0.25, -0.2) is 0 Å². The molecule has 0 aliphatic carbocycles. The van der Waals surface area contributed by atoms with E-state index in [9.17, 15) is 8.78 Å². The SMILES string of the molecule is CCNC(=NCCc1ccc(OC)c(OC(F)F)c1)NC1CCN(C(C)C)CC1.I. The van der Waals surface area contributed by atoms with Crippen molar-refractivity contribution in [3.8, 4) is 11.5 Å². The standard InChI is InChI=1S/C21H34F2N4O2.HI/c1-5-24-21(26-17-9-12-27(13-10-17)15(2)3)25-11-8-16-6-7-18(28-4)19(14-16)29-20(22)23;/h6-7,14-15,17,20H,5,8-13H2,1-4H3,(H2,24,25,26);1H. The maximum Gasteiger partial charge on any atom is 0.387 e. The second kappa shape index (κ2) is 13.8. The first-order chi connectivity index (χ1) is 13.9. The molecule has 172 valence electrons. The second-order valence-corrected chi connectivity index (χ2v) is 7.42. The summed E-state index contributed by atoms with van der Waals surface area (Å²) in [6.45, 7) is 7.12. The first-order valence-corrected chi connectivity index (χ1v) is 10.3. The molecule has 2 N–H and O–H groups in total. The van der Waals surface area contributed by atoms with E-state index in [0.29, 0.717) is 30.8 Å². The fourth-order valence-electron chi connectivity index (χ4n) is 3.44. The van der Waals surface area contributed by atoms with Gasteiger partial charge in [0.2, 0.25) is 0 Å². The Bertz CT molecular complexity index is 654. The highest BCUT2D eigenvalue weighted by Crippen LogP contribution is 2.29. The van der Waals surface area contributed by atoms with E-state index in [1.54, 1.807) is 12.1 Å². The van der Waals surface area contributed by atoms with Gasteiger partial charge in [0, 0.05) is 38.3 Å². The van der Waals surface area contributed by atoms with Crippen molar-refractivity contribution in [2.45, 2.75) is 58.7 Å². The van der Waals surface area contributed by atoms with Crippen LogP contribution in [0.25, 0.3) is 0 Å². The molecule has 1 aromatic carbocycles. The second-order valence-electron chi connectivity index (χ2n) is 7.42. The van der Waals surface area contributed by atoms with Crippen molar-refractivity contribution < 1.29 is 18.3 Å². The molecule has 0 amide bonds. The molecular formula is C21H35F2IN4O2. The number of benzene rings is 1. The van der Waals surface area contributed by atoms with Crippen molar-refractivity contribution in [2.75, 3.05) is 33.3 Å². The highest BCUT2D eigenvalue weighted by molar-refractivity contribution is 14.0. The van der Waals surface area contributed by atoms with Crippen LogP contribution in [0, 0.1) is 0 Å². The van der Waals surface area contributed by atoms with E-state index < -0.39 is 6.61 Å². The molecular weight excluding hydrogens is 505 g/mol. The van der Waals surface area contributed by atoms with E-state index in [1.807, 2.05) is 13.0 Å². The lowest BCUT2D eigenvalue weighted by atomic mass is 10.0. The lowest BCUT2D eigenvalue weighted by molar-refractivity contribution is -0.0512. The Labute approximate surface area is 195 Å². The summed E-state index contributed by atoms with van der Waals surface area (Å²) in [4.78, 5) is 7.14. The number of nitrogens with zero attached hydrogens (tertiary/aromatic N) is 2. The highest BCUT2D eigenvalue weighted by Gasteiger charge is 2.21. The number of rotatable bonds is 9. The van der Waals surface area contributed by atoms with Gasteiger partial charge < -0.3 is 25.0 Å². The zero-order valence-electron chi connectivity index (χ0n) is 18.3. The molecule has 9 heteroatoms. The Balaban J connectivity index is 0.00000450. The molecule has 0 bridgehead atoms. The molecule has 1 saturated heterocycles. The van der Waals surface area contributed by atoms with Crippen LogP contribution in [0.5, 0.6) is 11.5 Å². The van der Waals surface area contributed by atoms with Gasteiger partial charge in [-0.2, -0.15) is 8.78 Å². The van der Waals surface area contributed by atoms with Crippen LogP contribution in [-0.4, -0.2) is 62.8 Å². The predicted molar refractivity (Wildman–Crippen MR) is 128 cm³/mol. The minimum Gasteiger partial charge on any atom is -0.493 e. The number of aliphatic imine (C=N–C) groups is 1. The van der Waals surface area contributed by atoms with E-state index in [4.69, 9.17) is 4.74 Å². The van der Waals surface area contributed by atoms with Gasteiger partial charge in [-0.15, -0.1) is 24.0 Å². The molecule has 0 aromatic heterocycles. The average molecular weight is 540 g/mol. The summed E-state index contributed by atoms with van der Waals surface area (Å²) >= 11 is 0. The Hall–Kier alpha value is -1.36. The number of halogens is 3. The minimum atomic E-state index is -2.89. The van der Waals surface area contributed by atoms with Crippen molar-refractivity contribution in [1.82, 2.24) is 15.5 Å². The topological polar surface area (TPSA) is 58.1 Å². The first-order valence-electron chi connectivity index (χ1n) is 10.3. The van der Waals surface area contributed by atoms with Crippen molar-refractivity contribution >= 4 is 29.9 Å². The molecule has 1 heterocycles. The molecule has 30 heavy (non-hydrogen) atoms. The maximum atomic E-state index is 12.6. The third-order valence-electron chi connectivity index (χ3n) is 5.06. The molecule has 1 fully saturated rings. The first kappa shape index (κ1) is 26.7. The normalized spacial score (nSPS) is 15.8. The van der Waals surface area contributed by atoms with Crippen LogP contribution in [0.3, 0.4) is 0 Å². The van der Waals surface area contributed by atoms with Gasteiger partial charge in [0.25, 0.3) is 0 Å². The van der Waals surface area contributed by atoms with Crippen molar-refractivity contribution in [1.29, 1.82) is 0 Å². The highest BCUT2D eigenvalue weighted by atomic mass is 127. The Morgan fingerprint density at radius 1 is 1.23 bits per heavy atom. The fraction of sp³-hybridized carbons (Fsp3) is 0.667. The summed E-state index contributed by atoms with van der Waals surface area (Å²) in [7, 11) is 1.43. The minimum absolute atomic E-state index is 0. The van der Waals surface area contributed by atoms with E-state index in [0.717, 1.165) is 44.0 Å². The summed E-state index contributed by atoms with van der Waals surface area (Å²) in [5.41, 5.74) is 0.867. The van der Waals surface area contributed by atoms with Crippen molar-refractivity contribution in [3.63, 3.8) is 0 Å². The predicted octanol–water partition coefficient (Wildman–Crippen LogP) is 3.89. The van der Waals surface area contributed by atoms with Crippen LogP contribution in [0.4, 0.5) is 8.78 Å². The number of piperidine rings is 1. The monoisotopic (exact) mass is 540 g/mol. The molecule has 0 radical (unpaired) electrons. The smallest absolute Gasteiger partial charge is 0.387 e. The molecule has 2 rings (SSSR count). The third kappa shape index (κ3) is 8.79. The van der Waals surface area contributed by atoms with Crippen LogP contribution >= 0.6 is 24.0 Å². The molecule has 0 saturated carbocycles. The zero-order valence-corrected chi connectivity index (χ0v) is 20.6. The molecule has 0 spiro atoms. The van der Waals surface area contributed by atoms with E-state index in [1.165, 1.54) is 7.11 Å². The maximum absolute atomic E-state index is 12.6.